The van der Waals surface area contributed by atoms with E-state index in [-0.39, 0.29) is 11.8 Å². The minimum absolute atomic E-state index is 0.112. The van der Waals surface area contributed by atoms with Crippen LogP contribution in [-0.2, 0) is 0 Å². The summed E-state index contributed by atoms with van der Waals surface area (Å²) >= 11 is 12.4. The van der Waals surface area contributed by atoms with Gasteiger partial charge in [-0.3, -0.25) is 9.59 Å². The van der Waals surface area contributed by atoms with Crippen LogP contribution < -0.4 is 15.4 Å². The summed E-state index contributed by atoms with van der Waals surface area (Å²) in [6.45, 7) is 6.38. The number of halogens is 2. The summed E-state index contributed by atoms with van der Waals surface area (Å²) in [5.74, 6) is 0.971. The maximum atomic E-state index is 12.5. The maximum absolute atomic E-state index is 12.5. The van der Waals surface area contributed by atoms with E-state index >= 15 is 0 Å². The number of carbonyl (C=O) groups excluding carboxylic acids is 2. The fourth-order valence-corrected chi connectivity index (χ4v) is 5.29. The monoisotopic (exact) mass is 567 g/mol. The zero-order valence-corrected chi connectivity index (χ0v) is 23.7. The van der Waals surface area contributed by atoms with E-state index < -0.39 is 0 Å². The number of nitrogens with one attached hydrogen (secondary N) is 2. The quantitative estimate of drug-likeness (QED) is 0.244. The fraction of sp³-hybridized carbons (Fsp3) is 0.355. The summed E-state index contributed by atoms with van der Waals surface area (Å²) in [5.41, 5.74) is 2.93. The van der Waals surface area contributed by atoms with Crippen molar-refractivity contribution in [2.75, 3.05) is 38.1 Å². The molecule has 0 radical (unpaired) electrons. The van der Waals surface area contributed by atoms with Crippen LogP contribution in [0.2, 0.25) is 10.0 Å². The number of hydrogen-bond donors (Lipinski definition) is 2. The second-order valence-corrected chi connectivity index (χ2v) is 10.6. The summed E-state index contributed by atoms with van der Waals surface area (Å²) in [6.07, 6.45) is 4.15. The number of unbranched alkanes of at least 4 members (excludes halogenated alkanes) is 1. The van der Waals surface area contributed by atoms with Crippen molar-refractivity contribution in [1.29, 1.82) is 0 Å². The van der Waals surface area contributed by atoms with Gasteiger partial charge in [-0.15, -0.1) is 0 Å². The molecule has 2 N–H and O–H groups in total. The molecule has 0 bridgehead atoms. The Morgan fingerprint density at radius 1 is 0.897 bits per heavy atom. The molecule has 0 atom stereocenters. The molecular weight excluding hydrogens is 533 g/mol. The first-order chi connectivity index (χ1) is 18.9. The van der Waals surface area contributed by atoms with Crippen LogP contribution >= 0.6 is 23.2 Å². The largest absolute Gasteiger partial charge is 0.494 e. The van der Waals surface area contributed by atoms with Crippen LogP contribution in [0.25, 0.3) is 0 Å². The zero-order chi connectivity index (χ0) is 27.6. The van der Waals surface area contributed by atoms with E-state index in [0.29, 0.717) is 40.9 Å². The number of rotatable bonds is 11. The van der Waals surface area contributed by atoms with Gasteiger partial charge >= 0.3 is 0 Å². The Morgan fingerprint density at radius 3 is 2.23 bits per heavy atom. The highest BCUT2D eigenvalue weighted by Crippen LogP contribution is 2.34. The molecule has 0 spiro atoms. The van der Waals surface area contributed by atoms with Gasteiger partial charge in [0.1, 0.15) is 5.75 Å². The highest BCUT2D eigenvalue weighted by atomic mass is 35.5. The van der Waals surface area contributed by atoms with Gasteiger partial charge in [0.05, 0.1) is 6.61 Å². The second-order valence-electron chi connectivity index (χ2n) is 9.73. The molecular formula is C31H35Cl2N3O3. The summed E-state index contributed by atoms with van der Waals surface area (Å²) in [6, 6.07) is 19.6. The molecule has 39 heavy (non-hydrogen) atoms. The van der Waals surface area contributed by atoms with Gasteiger partial charge in [-0.25, -0.2) is 0 Å². The van der Waals surface area contributed by atoms with Crippen LogP contribution in [0.1, 0.15) is 64.8 Å². The summed E-state index contributed by atoms with van der Waals surface area (Å²) in [7, 11) is 0. The number of likely N-dealkylation sites (tertiary alicyclic amines) is 1. The maximum Gasteiger partial charge on any atom is 0.255 e. The molecule has 0 aliphatic carbocycles. The predicted molar refractivity (Wildman–Crippen MR) is 158 cm³/mol. The van der Waals surface area contributed by atoms with E-state index in [2.05, 4.69) is 21.6 Å². The number of amides is 2. The lowest BCUT2D eigenvalue weighted by atomic mass is 9.89. The Hall–Kier alpha value is -3.06. The molecule has 0 aromatic heterocycles. The molecule has 2 amide bonds. The molecule has 8 heteroatoms. The highest BCUT2D eigenvalue weighted by Gasteiger charge is 2.22. The van der Waals surface area contributed by atoms with Crippen LogP contribution in [-0.4, -0.2) is 49.5 Å². The van der Waals surface area contributed by atoms with E-state index in [9.17, 15) is 9.59 Å². The van der Waals surface area contributed by atoms with Gasteiger partial charge < -0.3 is 20.3 Å². The molecule has 206 valence electrons. The van der Waals surface area contributed by atoms with Crippen LogP contribution in [0.3, 0.4) is 0 Å². The van der Waals surface area contributed by atoms with E-state index in [1.807, 2.05) is 19.1 Å². The van der Waals surface area contributed by atoms with Gasteiger partial charge in [0.2, 0.25) is 0 Å². The Balaban J connectivity index is 1.12. The Labute approximate surface area is 240 Å². The Morgan fingerprint density at radius 2 is 1.56 bits per heavy atom. The number of hydrogen-bond acceptors (Lipinski definition) is 4. The third kappa shape index (κ3) is 8.46. The third-order valence-corrected chi connectivity index (χ3v) is 7.59. The van der Waals surface area contributed by atoms with Crippen LogP contribution in [0.15, 0.2) is 66.7 Å². The molecule has 0 saturated carbocycles. The number of piperidine rings is 1. The zero-order valence-electron chi connectivity index (χ0n) is 22.2. The molecule has 1 saturated heterocycles. The SMILES string of the molecule is CCOc1ccc(C2CCN(CCCCNC(=O)c3ccc(NC(=O)c4ccc(Cl)cc4)cc3)CC2)c(Cl)c1. The van der Waals surface area contributed by atoms with Crippen molar-refractivity contribution in [3.05, 3.63) is 93.5 Å². The number of carbonyl (C=O) groups is 2. The van der Waals surface area contributed by atoms with Gasteiger partial charge in [-0.05, 0) is 124 Å². The first-order valence-electron chi connectivity index (χ1n) is 13.5. The van der Waals surface area contributed by atoms with Crippen molar-refractivity contribution < 1.29 is 14.3 Å². The standard InChI is InChI=1S/C31H35Cl2N3O3/c1-2-39-27-13-14-28(29(33)21-27)22-15-19-36(20-16-22)18-4-3-17-34-30(37)23-7-11-26(12-8-23)35-31(38)24-5-9-25(32)10-6-24/h5-14,21-22H,2-4,15-20H2,1H3,(H,34,37)(H,35,38). The van der Waals surface area contributed by atoms with Crippen molar-refractivity contribution in [1.82, 2.24) is 10.2 Å². The molecule has 4 rings (SSSR count). The van der Waals surface area contributed by atoms with Gasteiger partial charge in [-0.2, -0.15) is 0 Å². The van der Waals surface area contributed by atoms with E-state index in [4.69, 9.17) is 27.9 Å². The van der Waals surface area contributed by atoms with Gasteiger partial charge in [0, 0.05) is 33.4 Å². The average Bonchev–Trinajstić information content (AvgIpc) is 2.94. The first-order valence-corrected chi connectivity index (χ1v) is 14.3. The number of anilines is 1. The molecule has 1 aliphatic rings. The molecule has 1 aliphatic heterocycles. The van der Waals surface area contributed by atoms with Gasteiger partial charge in [-0.1, -0.05) is 29.3 Å². The van der Waals surface area contributed by atoms with Gasteiger partial charge in [0.25, 0.3) is 11.8 Å². The van der Waals surface area contributed by atoms with Crippen molar-refractivity contribution in [3.63, 3.8) is 0 Å². The van der Waals surface area contributed by atoms with Crippen molar-refractivity contribution in [3.8, 4) is 5.75 Å². The summed E-state index contributed by atoms with van der Waals surface area (Å²) < 4.78 is 5.55. The molecule has 0 unspecified atom stereocenters. The smallest absolute Gasteiger partial charge is 0.255 e. The van der Waals surface area contributed by atoms with Crippen LogP contribution in [0, 0.1) is 0 Å². The minimum atomic E-state index is -0.229. The lowest BCUT2D eigenvalue weighted by Crippen LogP contribution is -2.34. The Bertz CT molecular complexity index is 1240. The summed E-state index contributed by atoms with van der Waals surface area (Å²) in [5, 5.41) is 7.20. The molecule has 3 aromatic rings. The third-order valence-electron chi connectivity index (χ3n) is 7.01. The molecule has 1 fully saturated rings. The minimum Gasteiger partial charge on any atom is -0.494 e. The average molecular weight is 569 g/mol. The van der Waals surface area contributed by atoms with Crippen molar-refractivity contribution in [2.45, 2.75) is 38.5 Å². The number of benzene rings is 3. The predicted octanol–water partition coefficient (Wildman–Crippen LogP) is 7.03. The van der Waals surface area contributed by atoms with Crippen molar-refractivity contribution in [2.24, 2.45) is 0 Å². The molecule has 6 nitrogen and oxygen atoms in total. The van der Waals surface area contributed by atoms with E-state index in [1.54, 1.807) is 48.5 Å². The highest BCUT2D eigenvalue weighted by molar-refractivity contribution is 6.31. The van der Waals surface area contributed by atoms with E-state index in [1.165, 1.54) is 5.56 Å². The van der Waals surface area contributed by atoms with Crippen LogP contribution in [0.5, 0.6) is 5.75 Å². The van der Waals surface area contributed by atoms with Crippen molar-refractivity contribution >= 4 is 40.7 Å². The van der Waals surface area contributed by atoms with Gasteiger partial charge in [0.15, 0.2) is 0 Å². The topological polar surface area (TPSA) is 70.7 Å². The van der Waals surface area contributed by atoms with Crippen LogP contribution in [0.4, 0.5) is 5.69 Å². The number of nitrogens with zero attached hydrogens (tertiary/aromatic N) is 1. The first kappa shape index (κ1) is 28.9. The number of ether oxygens (including phenoxy) is 1. The lowest BCUT2D eigenvalue weighted by molar-refractivity contribution is 0.0951. The Kier molecular flexibility index (Phi) is 10.7. The molecule has 1 heterocycles. The second kappa shape index (κ2) is 14.4. The van der Waals surface area contributed by atoms with E-state index in [0.717, 1.165) is 56.1 Å². The lowest BCUT2D eigenvalue weighted by Gasteiger charge is -2.32. The summed E-state index contributed by atoms with van der Waals surface area (Å²) in [4.78, 5) is 27.4. The molecule has 3 aromatic carbocycles. The normalized spacial score (nSPS) is 14.1. The fourth-order valence-electron chi connectivity index (χ4n) is 4.84.